The van der Waals surface area contributed by atoms with Gasteiger partial charge in [-0.2, -0.15) is 0 Å². The standard InChI is InChI=1S/C11H12N2O2/c14-8-1-2-9-7(5-8)6-10(15-9)11-12-3-4-13-11/h1-2,5,10,14H,3-4,6H2,(H,12,13). The maximum absolute atomic E-state index is 9.35. The quantitative estimate of drug-likeness (QED) is 0.708. The van der Waals surface area contributed by atoms with E-state index >= 15 is 0 Å². The number of phenols is 1. The zero-order valence-electron chi connectivity index (χ0n) is 8.23. The molecule has 2 aliphatic rings. The van der Waals surface area contributed by atoms with Crippen molar-refractivity contribution in [3.05, 3.63) is 23.8 Å². The molecule has 0 saturated carbocycles. The number of nitrogens with zero attached hydrogens (tertiary/aromatic N) is 1. The first-order valence-electron chi connectivity index (χ1n) is 5.10. The average Bonchev–Trinajstić information content (AvgIpc) is 2.84. The number of aliphatic imine (C=N–C) groups is 1. The minimum atomic E-state index is 0.00398. The number of benzene rings is 1. The zero-order valence-corrected chi connectivity index (χ0v) is 8.23. The van der Waals surface area contributed by atoms with E-state index in [2.05, 4.69) is 10.3 Å². The molecule has 0 aromatic heterocycles. The lowest BCUT2D eigenvalue weighted by Gasteiger charge is -2.10. The summed E-state index contributed by atoms with van der Waals surface area (Å²) >= 11 is 0. The third-order valence-electron chi connectivity index (χ3n) is 2.72. The lowest BCUT2D eigenvalue weighted by Crippen LogP contribution is -2.34. The van der Waals surface area contributed by atoms with E-state index in [1.807, 2.05) is 0 Å². The summed E-state index contributed by atoms with van der Waals surface area (Å²) in [6, 6.07) is 5.20. The van der Waals surface area contributed by atoms with E-state index in [1.165, 1.54) is 0 Å². The largest absolute Gasteiger partial charge is 0.508 e. The Morgan fingerprint density at radius 1 is 1.47 bits per heavy atom. The number of ether oxygens (including phenoxy) is 1. The van der Waals surface area contributed by atoms with Crippen LogP contribution in [0.2, 0.25) is 0 Å². The van der Waals surface area contributed by atoms with Crippen molar-refractivity contribution in [2.45, 2.75) is 12.5 Å². The fourth-order valence-electron chi connectivity index (χ4n) is 2.02. The predicted molar refractivity (Wildman–Crippen MR) is 56.5 cm³/mol. The Balaban J connectivity index is 1.85. The highest BCUT2D eigenvalue weighted by Gasteiger charge is 2.28. The summed E-state index contributed by atoms with van der Waals surface area (Å²) in [4.78, 5) is 4.34. The van der Waals surface area contributed by atoms with Gasteiger partial charge in [0.15, 0.2) is 6.10 Å². The van der Waals surface area contributed by atoms with Gasteiger partial charge in [-0.1, -0.05) is 0 Å². The summed E-state index contributed by atoms with van der Waals surface area (Å²) in [5.41, 5.74) is 1.05. The third kappa shape index (κ3) is 1.42. The van der Waals surface area contributed by atoms with Crippen molar-refractivity contribution in [2.75, 3.05) is 13.1 Å². The minimum absolute atomic E-state index is 0.00398. The van der Waals surface area contributed by atoms with Crippen molar-refractivity contribution in [3.8, 4) is 11.5 Å². The van der Waals surface area contributed by atoms with Crippen LogP contribution in [0.15, 0.2) is 23.2 Å². The van der Waals surface area contributed by atoms with Crippen molar-refractivity contribution in [1.29, 1.82) is 0 Å². The molecule has 0 radical (unpaired) electrons. The molecule has 2 heterocycles. The van der Waals surface area contributed by atoms with E-state index in [1.54, 1.807) is 18.2 Å². The molecule has 0 aliphatic carbocycles. The summed E-state index contributed by atoms with van der Waals surface area (Å²) < 4.78 is 5.74. The predicted octanol–water partition coefficient (Wildman–Crippen LogP) is 0.697. The van der Waals surface area contributed by atoms with Gasteiger partial charge in [0.05, 0.1) is 6.54 Å². The van der Waals surface area contributed by atoms with Crippen LogP contribution in [-0.2, 0) is 6.42 Å². The Kier molecular flexibility index (Phi) is 1.80. The highest BCUT2D eigenvalue weighted by molar-refractivity contribution is 5.89. The molecule has 0 saturated heterocycles. The van der Waals surface area contributed by atoms with E-state index in [0.717, 1.165) is 36.7 Å². The van der Waals surface area contributed by atoms with Crippen LogP contribution >= 0.6 is 0 Å². The fraction of sp³-hybridized carbons (Fsp3) is 0.364. The fourth-order valence-corrected chi connectivity index (χ4v) is 2.02. The van der Waals surface area contributed by atoms with Crippen molar-refractivity contribution in [3.63, 3.8) is 0 Å². The van der Waals surface area contributed by atoms with Crippen LogP contribution in [0, 0.1) is 0 Å². The van der Waals surface area contributed by atoms with Gasteiger partial charge < -0.3 is 15.2 Å². The molecule has 4 heteroatoms. The Labute approximate surface area is 87.6 Å². The minimum Gasteiger partial charge on any atom is -0.508 e. The first-order chi connectivity index (χ1) is 7.33. The van der Waals surface area contributed by atoms with Gasteiger partial charge in [-0.25, -0.2) is 0 Å². The Morgan fingerprint density at radius 2 is 2.40 bits per heavy atom. The van der Waals surface area contributed by atoms with E-state index in [9.17, 15) is 5.11 Å². The first kappa shape index (κ1) is 8.59. The summed E-state index contributed by atoms with van der Waals surface area (Å²) in [5.74, 6) is 2.08. The first-order valence-corrected chi connectivity index (χ1v) is 5.10. The lowest BCUT2D eigenvalue weighted by molar-refractivity contribution is 0.298. The molecule has 2 N–H and O–H groups in total. The number of aromatic hydroxyl groups is 1. The van der Waals surface area contributed by atoms with Crippen LogP contribution in [0.25, 0.3) is 0 Å². The number of hydrogen-bond acceptors (Lipinski definition) is 4. The van der Waals surface area contributed by atoms with Gasteiger partial charge in [-0.05, 0) is 18.2 Å². The third-order valence-corrected chi connectivity index (χ3v) is 2.72. The van der Waals surface area contributed by atoms with Gasteiger partial charge in [0.2, 0.25) is 0 Å². The summed E-state index contributed by atoms with van der Waals surface area (Å²) in [6.07, 6.45) is 0.791. The van der Waals surface area contributed by atoms with Crippen LogP contribution in [-0.4, -0.2) is 30.1 Å². The second-order valence-electron chi connectivity index (χ2n) is 3.80. The molecule has 4 nitrogen and oxygen atoms in total. The van der Waals surface area contributed by atoms with Crippen LogP contribution in [0.5, 0.6) is 11.5 Å². The smallest absolute Gasteiger partial charge is 0.159 e. The zero-order chi connectivity index (χ0) is 10.3. The van der Waals surface area contributed by atoms with Crippen LogP contribution in [0.1, 0.15) is 5.56 Å². The second kappa shape index (κ2) is 3.15. The van der Waals surface area contributed by atoms with Crippen LogP contribution in [0.4, 0.5) is 0 Å². The van der Waals surface area contributed by atoms with Gasteiger partial charge in [-0.15, -0.1) is 0 Å². The number of nitrogens with one attached hydrogen (secondary N) is 1. The van der Waals surface area contributed by atoms with Gasteiger partial charge in [0, 0.05) is 18.5 Å². The molecule has 1 aromatic rings. The Bertz CT molecular complexity index is 429. The topological polar surface area (TPSA) is 53.9 Å². The summed E-state index contributed by atoms with van der Waals surface area (Å²) in [5, 5.41) is 12.6. The maximum atomic E-state index is 9.35. The number of amidine groups is 1. The van der Waals surface area contributed by atoms with Gasteiger partial charge in [0.25, 0.3) is 0 Å². The van der Waals surface area contributed by atoms with E-state index in [-0.39, 0.29) is 6.10 Å². The van der Waals surface area contributed by atoms with Crippen LogP contribution < -0.4 is 10.1 Å². The molecule has 3 rings (SSSR count). The lowest BCUT2D eigenvalue weighted by atomic mass is 10.1. The van der Waals surface area contributed by atoms with Gasteiger partial charge in [0.1, 0.15) is 17.3 Å². The molecular weight excluding hydrogens is 192 g/mol. The van der Waals surface area contributed by atoms with Gasteiger partial charge >= 0.3 is 0 Å². The number of phenolic OH excluding ortho intramolecular Hbond substituents is 1. The molecule has 0 spiro atoms. The highest BCUT2D eigenvalue weighted by atomic mass is 16.5. The second-order valence-corrected chi connectivity index (χ2v) is 3.80. The Hall–Kier alpha value is -1.71. The van der Waals surface area contributed by atoms with E-state index in [0.29, 0.717) is 5.75 Å². The molecule has 0 bridgehead atoms. The average molecular weight is 204 g/mol. The molecule has 15 heavy (non-hydrogen) atoms. The number of rotatable bonds is 1. The van der Waals surface area contributed by atoms with Crippen molar-refractivity contribution in [2.24, 2.45) is 4.99 Å². The summed E-state index contributed by atoms with van der Waals surface area (Å²) in [6.45, 7) is 1.73. The molecule has 0 amide bonds. The van der Waals surface area contributed by atoms with Crippen LogP contribution in [0.3, 0.4) is 0 Å². The molecule has 78 valence electrons. The van der Waals surface area contributed by atoms with Gasteiger partial charge in [-0.3, -0.25) is 4.99 Å². The molecule has 0 fully saturated rings. The molecular formula is C11H12N2O2. The van der Waals surface area contributed by atoms with E-state index in [4.69, 9.17) is 4.74 Å². The van der Waals surface area contributed by atoms with Crippen molar-refractivity contribution in [1.82, 2.24) is 5.32 Å². The van der Waals surface area contributed by atoms with Crippen molar-refractivity contribution >= 4 is 5.84 Å². The normalized spacial score (nSPS) is 22.9. The highest BCUT2D eigenvalue weighted by Crippen LogP contribution is 2.31. The van der Waals surface area contributed by atoms with Crippen molar-refractivity contribution < 1.29 is 9.84 Å². The molecule has 1 aromatic carbocycles. The molecule has 1 atom stereocenters. The summed E-state index contributed by atoms with van der Waals surface area (Å²) in [7, 11) is 0. The number of fused-ring (bicyclic) bond motifs is 1. The van der Waals surface area contributed by atoms with E-state index < -0.39 is 0 Å². The monoisotopic (exact) mass is 204 g/mol. The maximum Gasteiger partial charge on any atom is 0.159 e. The molecule has 2 aliphatic heterocycles. The number of hydrogen-bond donors (Lipinski definition) is 2. The Morgan fingerprint density at radius 3 is 3.20 bits per heavy atom. The SMILES string of the molecule is Oc1ccc2c(c1)CC(C1=NCCN1)O2. The molecule has 1 unspecified atom stereocenters.